The number of nitrogens with zero attached hydrogens (tertiary/aromatic N) is 5. The smallest absolute Gasteiger partial charge is 0.269 e. The number of anilines is 1. The molecule has 1 fully saturated rings. The molecule has 1 saturated heterocycles. The van der Waals surface area contributed by atoms with Crippen molar-refractivity contribution in [3.63, 3.8) is 0 Å². The van der Waals surface area contributed by atoms with Gasteiger partial charge in [-0.1, -0.05) is 23.7 Å². The van der Waals surface area contributed by atoms with Gasteiger partial charge in [-0.05, 0) is 37.3 Å². The van der Waals surface area contributed by atoms with Gasteiger partial charge in [0.2, 0.25) is 0 Å². The molecule has 2 aromatic carbocycles. The lowest BCUT2D eigenvalue weighted by atomic mass is 10.2. The summed E-state index contributed by atoms with van der Waals surface area (Å²) in [5, 5.41) is 17.0. The summed E-state index contributed by atoms with van der Waals surface area (Å²) in [6, 6.07) is 16.0. The average Bonchev–Trinajstić information content (AvgIpc) is 3.40. The minimum Gasteiger partial charge on any atom is -0.368 e. The van der Waals surface area contributed by atoms with Crippen LogP contribution in [0.2, 0.25) is 5.02 Å². The molecule has 1 aliphatic rings. The molecular weight excluding hydrogens is 462 g/mol. The van der Waals surface area contributed by atoms with Gasteiger partial charge < -0.3 is 9.80 Å². The number of para-hydroxylation sites is 1. The molecular formula is C23H20ClN5O3S. The maximum atomic E-state index is 13.2. The Morgan fingerprint density at radius 1 is 1.09 bits per heavy atom. The molecule has 4 aromatic rings. The van der Waals surface area contributed by atoms with Gasteiger partial charge >= 0.3 is 0 Å². The van der Waals surface area contributed by atoms with Crippen molar-refractivity contribution in [3.8, 4) is 5.69 Å². The number of thiophene rings is 1. The van der Waals surface area contributed by atoms with Gasteiger partial charge in [0, 0.05) is 49.4 Å². The van der Waals surface area contributed by atoms with Crippen LogP contribution in [0.15, 0.2) is 54.6 Å². The highest BCUT2D eigenvalue weighted by atomic mass is 35.5. The Labute approximate surface area is 198 Å². The maximum absolute atomic E-state index is 13.2. The lowest BCUT2D eigenvalue weighted by Gasteiger charge is -2.35. The summed E-state index contributed by atoms with van der Waals surface area (Å²) >= 11 is 7.80. The van der Waals surface area contributed by atoms with Crippen LogP contribution in [-0.2, 0) is 0 Å². The molecule has 1 aliphatic heterocycles. The fourth-order valence-electron chi connectivity index (χ4n) is 4.05. The van der Waals surface area contributed by atoms with Crippen molar-refractivity contribution in [2.75, 3.05) is 31.1 Å². The molecule has 1 amide bonds. The Kier molecular flexibility index (Phi) is 5.51. The SMILES string of the molecule is Cc1nn(-c2ccccc2Cl)c2sc(C(=O)N3CCN(c4ccc([N+](=O)[O-])cc4)CC3)cc12. The van der Waals surface area contributed by atoms with Crippen molar-refractivity contribution < 1.29 is 9.72 Å². The van der Waals surface area contributed by atoms with Crippen molar-refractivity contribution in [2.45, 2.75) is 6.92 Å². The number of carbonyl (C=O) groups is 1. The number of fused-ring (bicyclic) bond motifs is 1. The van der Waals surface area contributed by atoms with E-state index in [0.717, 1.165) is 27.3 Å². The second kappa shape index (κ2) is 8.49. The quantitative estimate of drug-likeness (QED) is 0.305. The predicted molar refractivity (Wildman–Crippen MR) is 130 cm³/mol. The molecule has 0 radical (unpaired) electrons. The van der Waals surface area contributed by atoms with Gasteiger partial charge in [0.1, 0.15) is 4.83 Å². The van der Waals surface area contributed by atoms with E-state index in [4.69, 9.17) is 11.6 Å². The third-order valence-electron chi connectivity index (χ3n) is 5.83. The summed E-state index contributed by atoms with van der Waals surface area (Å²) in [4.78, 5) is 29.3. The molecule has 8 nitrogen and oxygen atoms in total. The number of aryl methyl sites for hydroxylation is 1. The summed E-state index contributed by atoms with van der Waals surface area (Å²) < 4.78 is 1.81. The first-order chi connectivity index (χ1) is 15.9. The summed E-state index contributed by atoms with van der Waals surface area (Å²) in [6.07, 6.45) is 0. The third-order valence-corrected chi connectivity index (χ3v) is 7.25. The minimum atomic E-state index is -0.405. The highest BCUT2D eigenvalue weighted by Crippen LogP contribution is 2.33. The molecule has 0 aliphatic carbocycles. The lowest BCUT2D eigenvalue weighted by molar-refractivity contribution is -0.384. The zero-order chi connectivity index (χ0) is 23.1. The van der Waals surface area contributed by atoms with Crippen molar-refractivity contribution in [1.29, 1.82) is 0 Å². The van der Waals surface area contributed by atoms with Crippen LogP contribution in [-0.4, -0.2) is 51.7 Å². The van der Waals surface area contributed by atoms with Gasteiger partial charge in [-0.2, -0.15) is 5.10 Å². The van der Waals surface area contributed by atoms with Crippen molar-refractivity contribution >= 4 is 50.4 Å². The molecule has 5 rings (SSSR count). The highest BCUT2D eigenvalue weighted by molar-refractivity contribution is 7.20. The average molecular weight is 482 g/mol. The molecule has 0 N–H and O–H groups in total. The van der Waals surface area contributed by atoms with Crippen LogP contribution >= 0.6 is 22.9 Å². The van der Waals surface area contributed by atoms with E-state index in [2.05, 4.69) is 10.00 Å². The van der Waals surface area contributed by atoms with Crippen LogP contribution in [0.25, 0.3) is 15.9 Å². The molecule has 168 valence electrons. The van der Waals surface area contributed by atoms with E-state index in [0.29, 0.717) is 36.1 Å². The minimum absolute atomic E-state index is 0.00431. The zero-order valence-electron chi connectivity index (χ0n) is 17.8. The van der Waals surface area contributed by atoms with E-state index in [-0.39, 0.29) is 11.6 Å². The Morgan fingerprint density at radius 2 is 1.79 bits per heavy atom. The first-order valence-corrected chi connectivity index (χ1v) is 11.6. The number of benzene rings is 2. The van der Waals surface area contributed by atoms with Crippen LogP contribution in [0.4, 0.5) is 11.4 Å². The van der Waals surface area contributed by atoms with Crippen LogP contribution in [0.3, 0.4) is 0 Å². The monoisotopic (exact) mass is 481 g/mol. The molecule has 3 heterocycles. The van der Waals surface area contributed by atoms with E-state index in [1.165, 1.54) is 23.5 Å². The van der Waals surface area contributed by atoms with Gasteiger partial charge in [0.05, 0.1) is 26.2 Å². The number of carbonyl (C=O) groups excluding carboxylic acids is 1. The van der Waals surface area contributed by atoms with Gasteiger partial charge in [0.25, 0.3) is 11.6 Å². The van der Waals surface area contributed by atoms with Crippen molar-refractivity contribution in [3.05, 3.63) is 80.3 Å². The molecule has 33 heavy (non-hydrogen) atoms. The van der Waals surface area contributed by atoms with Gasteiger partial charge in [-0.15, -0.1) is 11.3 Å². The normalized spacial score (nSPS) is 14.1. The van der Waals surface area contributed by atoms with Crippen molar-refractivity contribution in [2.24, 2.45) is 0 Å². The number of non-ortho nitro benzene ring substituents is 1. The van der Waals surface area contributed by atoms with E-state index >= 15 is 0 Å². The van der Waals surface area contributed by atoms with Crippen LogP contribution < -0.4 is 4.90 Å². The van der Waals surface area contributed by atoms with Crippen LogP contribution in [0.1, 0.15) is 15.4 Å². The van der Waals surface area contributed by atoms with E-state index in [9.17, 15) is 14.9 Å². The highest BCUT2D eigenvalue weighted by Gasteiger charge is 2.25. The number of halogens is 1. The molecule has 2 aromatic heterocycles. The summed E-state index contributed by atoms with van der Waals surface area (Å²) in [5.41, 5.74) is 2.63. The Morgan fingerprint density at radius 3 is 2.45 bits per heavy atom. The van der Waals surface area contributed by atoms with Gasteiger partial charge in [-0.25, -0.2) is 4.68 Å². The zero-order valence-corrected chi connectivity index (χ0v) is 19.3. The second-order valence-corrected chi connectivity index (χ2v) is 9.27. The van der Waals surface area contributed by atoms with Crippen LogP contribution in [0.5, 0.6) is 0 Å². The molecule has 0 bridgehead atoms. The number of amides is 1. The number of hydrogen-bond acceptors (Lipinski definition) is 6. The number of nitro groups is 1. The number of nitro benzene ring substituents is 1. The lowest BCUT2D eigenvalue weighted by Crippen LogP contribution is -2.48. The van der Waals surface area contributed by atoms with E-state index in [1.54, 1.807) is 16.8 Å². The maximum Gasteiger partial charge on any atom is 0.269 e. The third kappa shape index (κ3) is 3.94. The summed E-state index contributed by atoms with van der Waals surface area (Å²) in [6.45, 7) is 4.43. The van der Waals surface area contributed by atoms with Crippen LogP contribution in [0, 0.1) is 17.0 Å². The van der Waals surface area contributed by atoms with Gasteiger partial charge in [-0.3, -0.25) is 14.9 Å². The molecule has 0 saturated carbocycles. The molecule has 0 spiro atoms. The molecule has 10 heteroatoms. The number of piperazine rings is 1. The number of aromatic nitrogens is 2. The fourth-order valence-corrected chi connectivity index (χ4v) is 5.41. The summed E-state index contributed by atoms with van der Waals surface area (Å²) in [5.74, 6) is 0.00431. The van der Waals surface area contributed by atoms with Crippen molar-refractivity contribution in [1.82, 2.24) is 14.7 Å². The van der Waals surface area contributed by atoms with E-state index < -0.39 is 4.92 Å². The number of hydrogen-bond donors (Lipinski definition) is 0. The van der Waals surface area contributed by atoms with Gasteiger partial charge in [0.15, 0.2) is 0 Å². The topological polar surface area (TPSA) is 84.5 Å². The predicted octanol–water partition coefficient (Wildman–Crippen LogP) is 4.92. The first kappa shape index (κ1) is 21.4. The summed E-state index contributed by atoms with van der Waals surface area (Å²) in [7, 11) is 0. The first-order valence-electron chi connectivity index (χ1n) is 10.4. The fraction of sp³-hybridized carbons (Fsp3) is 0.217. The Balaban J connectivity index is 1.33. The standard InChI is InChI=1S/C23H20ClN5O3S/c1-15-18-14-21(33-23(18)28(25-15)20-5-3-2-4-19(20)24)22(30)27-12-10-26(11-13-27)16-6-8-17(9-7-16)29(31)32/h2-9,14H,10-13H2,1H3. The molecule has 0 atom stereocenters. The number of rotatable bonds is 4. The van der Waals surface area contributed by atoms with E-state index in [1.807, 2.05) is 42.2 Å². The Bertz CT molecular complexity index is 1360. The largest absolute Gasteiger partial charge is 0.368 e. The second-order valence-electron chi connectivity index (χ2n) is 7.83. The molecule has 0 unspecified atom stereocenters. The Hall–Kier alpha value is -3.43.